The van der Waals surface area contributed by atoms with E-state index in [2.05, 4.69) is 21.1 Å². The van der Waals surface area contributed by atoms with E-state index in [0.29, 0.717) is 25.2 Å². The Morgan fingerprint density at radius 3 is 2.92 bits per heavy atom. The summed E-state index contributed by atoms with van der Waals surface area (Å²) in [6.07, 6.45) is 10.7. The van der Waals surface area contributed by atoms with Crippen molar-refractivity contribution in [3.05, 3.63) is 30.2 Å². The van der Waals surface area contributed by atoms with Crippen LogP contribution < -0.4 is 0 Å². The highest BCUT2D eigenvalue weighted by molar-refractivity contribution is 5.77. The van der Waals surface area contributed by atoms with Crippen LogP contribution >= 0.6 is 0 Å². The molecule has 6 nitrogen and oxygen atoms in total. The van der Waals surface area contributed by atoms with Crippen molar-refractivity contribution in [3.8, 4) is 12.3 Å². The van der Waals surface area contributed by atoms with Crippen LogP contribution in [0.5, 0.6) is 0 Å². The molecule has 1 aromatic carbocycles. The average molecular weight is 350 g/mol. The Morgan fingerprint density at radius 2 is 2.15 bits per heavy atom. The molecular weight excluding hydrogens is 328 g/mol. The number of hydrogen-bond acceptors (Lipinski definition) is 5. The van der Waals surface area contributed by atoms with Gasteiger partial charge in [-0.15, -0.1) is 12.3 Å². The van der Waals surface area contributed by atoms with E-state index >= 15 is 0 Å². The number of carbonyl (C=O) groups is 1. The molecule has 0 aliphatic carbocycles. The molecule has 0 spiro atoms. The Hall–Kier alpha value is -2.68. The molecule has 26 heavy (non-hydrogen) atoms. The van der Waals surface area contributed by atoms with Crippen LogP contribution in [0.25, 0.3) is 11.1 Å². The summed E-state index contributed by atoms with van der Waals surface area (Å²) < 4.78 is 5.93. The number of terminal acetylenes is 1. The molecule has 0 bridgehead atoms. The van der Waals surface area contributed by atoms with Gasteiger partial charge in [-0.05, 0) is 31.4 Å². The lowest BCUT2D eigenvalue weighted by atomic mass is 9.98. The summed E-state index contributed by atoms with van der Waals surface area (Å²) in [5.74, 6) is 3.38. The highest BCUT2D eigenvalue weighted by Gasteiger charge is 2.40. The Kier molecular flexibility index (Phi) is 4.46. The molecule has 2 aromatic rings. The maximum absolute atomic E-state index is 12.9. The van der Waals surface area contributed by atoms with Crippen LogP contribution in [0.2, 0.25) is 0 Å². The number of oxazole rings is 1. The van der Waals surface area contributed by atoms with Crippen molar-refractivity contribution in [1.29, 1.82) is 0 Å². The molecule has 3 heterocycles. The Morgan fingerprint density at radius 1 is 1.31 bits per heavy atom. The van der Waals surface area contributed by atoms with Gasteiger partial charge in [0.1, 0.15) is 11.6 Å². The van der Waals surface area contributed by atoms with E-state index in [9.17, 15) is 4.79 Å². The molecule has 0 N–H and O–H groups in total. The average Bonchev–Trinajstić information content (AvgIpc) is 3.32. The summed E-state index contributed by atoms with van der Waals surface area (Å²) >= 11 is 0. The normalized spacial score (nSPS) is 20.9. The fraction of sp³-hybridized carbons (Fsp3) is 0.500. The Labute approximate surface area is 152 Å². The molecule has 0 saturated carbocycles. The number of fused-ring (bicyclic) bond motifs is 1. The maximum atomic E-state index is 12.9. The molecule has 2 aliphatic rings. The molecular formula is C20H22N4O2. The lowest BCUT2D eigenvalue weighted by Gasteiger charge is -2.34. The van der Waals surface area contributed by atoms with Crippen LogP contribution in [0.3, 0.4) is 0 Å². The maximum Gasteiger partial charge on any atom is 0.223 e. The molecule has 6 heteroatoms. The number of hydrogen-bond donors (Lipinski definition) is 0. The largest absolute Gasteiger partial charge is 0.438 e. The molecule has 1 amide bonds. The number of piperidine rings is 1. The zero-order chi connectivity index (χ0) is 18.0. The van der Waals surface area contributed by atoms with Crippen molar-refractivity contribution < 1.29 is 9.21 Å². The highest BCUT2D eigenvalue weighted by atomic mass is 16.3. The van der Waals surface area contributed by atoms with Gasteiger partial charge >= 0.3 is 0 Å². The van der Waals surface area contributed by atoms with Crippen LogP contribution in [0.4, 0.5) is 0 Å². The SMILES string of the molecule is C#CCCC1(CCC(=O)N2CCCCC2c2nc3ccccc3o2)N=N1. The number of aromatic nitrogens is 1. The van der Waals surface area contributed by atoms with Crippen LogP contribution in [-0.4, -0.2) is 28.0 Å². The summed E-state index contributed by atoms with van der Waals surface area (Å²) in [4.78, 5) is 19.4. The van der Waals surface area contributed by atoms with Crippen molar-refractivity contribution in [1.82, 2.24) is 9.88 Å². The second-order valence-electron chi connectivity index (χ2n) is 7.01. The number of para-hydroxylation sites is 2. The van der Waals surface area contributed by atoms with E-state index in [1.807, 2.05) is 29.2 Å². The van der Waals surface area contributed by atoms with E-state index in [0.717, 1.165) is 43.3 Å². The standard InChI is InChI=1S/C20H22N4O2/c1-2-3-12-20(22-23-20)13-11-18(25)24-14-7-6-9-16(24)19-21-15-8-4-5-10-17(15)26-19/h1,4-5,8,10,16H,3,6-7,9,11-14H2. The van der Waals surface area contributed by atoms with Crippen molar-refractivity contribution in [2.45, 2.75) is 56.7 Å². The van der Waals surface area contributed by atoms with Gasteiger partial charge in [0.2, 0.25) is 11.8 Å². The Bertz CT molecular complexity index is 840. The second kappa shape index (κ2) is 6.91. The van der Waals surface area contributed by atoms with Gasteiger partial charge in [-0.1, -0.05) is 12.1 Å². The van der Waals surface area contributed by atoms with Crippen molar-refractivity contribution in [2.24, 2.45) is 10.2 Å². The van der Waals surface area contributed by atoms with Gasteiger partial charge < -0.3 is 9.32 Å². The molecule has 4 rings (SSSR count). The monoisotopic (exact) mass is 350 g/mol. The van der Waals surface area contributed by atoms with E-state index in [4.69, 9.17) is 10.8 Å². The minimum absolute atomic E-state index is 0.0848. The first kappa shape index (κ1) is 16.8. The van der Waals surface area contributed by atoms with Gasteiger partial charge in [0.25, 0.3) is 0 Å². The molecule has 1 unspecified atom stereocenters. The summed E-state index contributed by atoms with van der Waals surface area (Å²) in [7, 11) is 0. The fourth-order valence-corrected chi connectivity index (χ4v) is 3.64. The minimum atomic E-state index is -0.412. The molecule has 1 atom stereocenters. The predicted octanol–water partition coefficient (Wildman–Crippen LogP) is 4.24. The topological polar surface area (TPSA) is 71.1 Å². The third-order valence-electron chi connectivity index (χ3n) is 5.21. The third kappa shape index (κ3) is 3.34. The minimum Gasteiger partial charge on any atom is -0.438 e. The predicted molar refractivity (Wildman–Crippen MR) is 97.2 cm³/mol. The van der Waals surface area contributed by atoms with Crippen LogP contribution in [0, 0.1) is 12.3 Å². The molecule has 1 saturated heterocycles. The van der Waals surface area contributed by atoms with E-state index in [1.54, 1.807) is 0 Å². The zero-order valence-corrected chi connectivity index (χ0v) is 14.7. The third-order valence-corrected chi connectivity index (χ3v) is 5.21. The summed E-state index contributed by atoms with van der Waals surface area (Å²) in [5, 5.41) is 8.24. The van der Waals surface area contributed by atoms with E-state index < -0.39 is 5.66 Å². The van der Waals surface area contributed by atoms with E-state index in [-0.39, 0.29) is 11.9 Å². The van der Waals surface area contributed by atoms with Crippen LogP contribution in [0.1, 0.15) is 56.9 Å². The number of amides is 1. The molecule has 1 aromatic heterocycles. The van der Waals surface area contributed by atoms with Gasteiger partial charge in [0.15, 0.2) is 11.2 Å². The van der Waals surface area contributed by atoms with Gasteiger partial charge in [0, 0.05) is 32.2 Å². The number of benzene rings is 1. The first-order valence-electron chi connectivity index (χ1n) is 9.23. The van der Waals surface area contributed by atoms with Crippen LogP contribution in [-0.2, 0) is 4.79 Å². The van der Waals surface area contributed by atoms with Crippen molar-refractivity contribution >= 4 is 17.0 Å². The second-order valence-corrected chi connectivity index (χ2v) is 7.01. The lowest BCUT2D eigenvalue weighted by molar-refractivity contribution is -0.135. The molecule has 0 radical (unpaired) electrons. The van der Waals surface area contributed by atoms with E-state index in [1.165, 1.54) is 0 Å². The number of nitrogens with zero attached hydrogens (tertiary/aromatic N) is 4. The summed E-state index contributed by atoms with van der Waals surface area (Å²) in [6.45, 7) is 0.744. The number of likely N-dealkylation sites (tertiary alicyclic amines) is 1. The highest BCUT2D eigenvalue weighted by Crippen LogP contribution is 2.39. The van der Waals surface area contributed by atoms with Gasteiger partial charge in [0.05, 0.1) is 0 Å². The van der Waals surface area contributed by atoms with Gasteiger partial charge in [-0.25, -0.2) is 4.98 Å². The Balaban J connectivity index is 1.45. The fourth-order valence-electron chi connectivity index (χ4n) is 3.64. The molecule has 1 fully saturated rings. The van der Waals surface area contributed by atoms with Crippen molar-refractivity contribution in [2.75, 3.05) is 6.54 Å². The zero-order valence-electron chi connectivity index (χ0n) is 14.7. The summed E-state index contributed by atoms with van der Waals surface area (Å²) in [5.41, 5.74) is 1.19. The van der Waals surface area contributed by atoms with Gasteiger partial charge in [-0.2, -0.15) is 10.2 Å². The first-order chi connectivity index (χ1) is 12.7. The number of carbonyl (C=O) groups excluding carboxylic acids is 1. The lowest BCUT2D eigenvalue weighted by Crippen LogP contribution is -2.39. The van der Waals surface area contributed by atoms with Crippen LogP contribution in [0.15, 0.2) is 38.9 Å². The number of rotatable bonds is 6. The molecule has 134 valence electrons. The molecule has 2 aliphatic heterocycles. The summed E-state index contributed by atoms with van der Waals surface area (Å²) in [6, 6.07) is 7.63. The van der Waals surface area contributed by atoms with Crippen molar-refractivity contribution in [3.63, 3.8) is 0 Å². The first-order valence-corrected chi connectivity index (χ1v) is 9.23. The quantitative estimate of drug-likeness (QED) is 0.732. The smallest absolute Gasteiger partial charge is 0.223 e. The van der Waals surface area contributed by atoms with Gasteiger partial charge in [-0.3, -0.25) is 4.79 Å².